The fourth-order valence-electron chi connectivity index (χ4n) is 3.95. The molecule has 0 unspecified atom stereocenters. The number of piperazine rings is 1. The summed E-state index contributed by atoms with van der Waals surface area (Å²) in [4.78, 5) is 30.9. The fourth-order valence-corrected chi connectivity index (χ4v) is 4.67. The topological polar surface area (TPSA) is 107 Å². The van der Waals surface area contributed by atoms with E-state index in [4.69, 9.17) is 5.11 Å². The van der Waals surface area contributed by atoms with Gasteiger partial charge < -0.3 is 20.6 Å². The first-order valence-corrected chi connectivity index (χ1v) is 11.9. The van der Waals surface area contributed by atoms with Crippen LogP contribution in [0.3, 0.4) is 0 Å². The second-order valence-electron chi connectivity index (χ2n) is 8.23. The molecule has 0 aliphatic carbocycles. The zero-order chi connectivity index (χ0) is 24.2. The molecule has 11 heteroatoms. The molecule has 3 aromatic rings. The summed E-state index contributed by atoms with van der Waals surface area (Å²) in [6, 6.07) is 4.66. The first-order valence-electron chi connectivity index (χ1n) is 11.1. The minimum atomic E-state index is -0.330. The quantitative estimate of drug-likeness (QED) is 0.469. The Morgan fingerprint density at radius 1 is 1.12 bits per heavy atom. The first-order chi connectivity index (χ1) is 16.3. The van der Waals surface area contributed by atoms with E-state index in [1.165, 1.54) is 29.7 Å². The van der Waals surface area contributed by atoms with Crippen LogP contribution in [0.25, 0.3) is 0 Å². The van der Waals surface area contributed by atoms with E-state index in [9.17, 15) is 9.18 Å². The molecule has 4 rings (SSSR count). The molecule has 1 fully saturated rings. The average molecular weight is 486 g/mol. The largest absolute Gasteiger partial charge is 0.395 e. The van der Waals surface area contributed by atoms with E-state index in [-0.39, 0.29) is 18.3 Å². The van der Waals surface area contributed by atoms with Crippen LogP contribution in [0, 0.1) is 26.6 Å². The number of aliphatic hydroxyl groups is 1. The number of hydrogen-bond donors (Lipinski definition) is 3. The summed E-state index contributed by atoms with van der Waals surface area (Å²) in [7, 11) is 0. The van der Waals surface area contributed by atoms with Crippen molar-refractivity contribution in [3.63, 3.8) is 0 Å². The standard InChI is InChI=1S/C23H28FN7O2S/c1-14-10-17(24)11-15(2)21(14)29-22(33)18-13-25-23(34-18)28-19-12-20(27-16(3)26-19)31-6-4-30(5-7-31)8-9-32/h10-13,32H,4-9H2,1-3H3,(H,29,33)(H,25,26,27,28). The Hall–Kier alpha value is -3.15. The number of halogens is 1. The van der Waals surface area contributed by atoms with Gasteiger partial charge in [-0.2, -0.15) is 0 Å². The second-order valence-corrected chi connectivity index (χ2v) is 9.26. The highest BCUT2D eigenvalue weighted by atomic mass is 32.1. The first kappa shape index (κ1) is 24.0. The number of aromatic nitrogens is 3. The predicted molar refractivity (Wildman–Crippen MR) is 132 cm³/mol. The van der Waals surface area contributed by atoms with Crippen molar-refractivity contribution in [1.29, 1.82) is 0 Å². The molecule has 1 aliphatic rings. The number of β-amino-alcohol motifs (C(OH)–C–C–N with tert-alkyl or cyclic N) is 1. The van der Waals surface area contributed by atoms with Crippen LogP contribution in [0.15, 0.2) is 24.4 Å². The van der Waals surface area contributed by atoms with E-state index in [0.717, 1.165) is 32.0 Å². The van der Waals surface area contributed by atoms with Gasteiger partial charge in [0, 0.05) is 44.5 Å². The Morgan fingerprint density at radius 2 is 1.82 bits per heavy atom. The van der Waals surface area contributed by atoms with Gasteiger partial charge in [-0.3, -0.25) is 9.69 Å². The summed E-state index contributed by atoms with van der Waals surface area (Å²) in [5.74, 6) is 1.43. The van der Waals surface area contributed by atoms with Crippen molar-refractivity contribution < 1.29 is 14.3 Å². The summed E-state index contributed by atoms with van der Waals surface area (Å²) in [5.41, 5.74) is 1.93. The number of aliphatic hydroxyl groups excluding tert-OH is 1. The van der Waals surface area contributed by atoms with Gasteiger partial charge in [-0.15, -0.1) is 0 Å². The maximum Gasteiger partial charge on any atom is 0.267 e. The van der Waals surface area contributed by atoms with Gasteiger partial charge in [0.05, 0.1) is 12.8 Å². The maximum atomic E-state index is 13.5. The van der Waals surface area contributed by atoms with E-state index in [1.807, 2.05) is 13.0 Å². The Kier molecular flexibility index (Phi) is 7.35. The highest BCUT2D eigenvalue weighted by molar-refractivity contribution is 7.17. The Bertz CT molecular complexity index is 1150. The third kappa shape index (κ3) is 5.66. The third-order valence-corrected chi connectivity index (χ3v) is 6.55. The molecular formula is C23H28FN7O2S. The normalized spacial score (nSPS) is 14.3. The fraction of sp³-hybridized carbons (Fsp3) is 0.391. The number of anilines is 4. The predicted octanol–water partition coefficient (Wildman–Crippen LogP) is 3.11. The molecule has 3 N–H and O–H groups in total. The number of carbonyl (C=O) groups is 1. The minimum absolute atomic E-state index is 0.164. The molecule has 0 atom stereocenters. The van der Waals surface area contributed by atoms with Gasteiger partial charge in [0.25, 0.3) is 5.91 Å². The lowest BCUT2D eigenvalue weighted by Gasteiger charge is -2.35. The number of amides is 1. The molecular weight excluding hydrogens is 457 g/mol. The average Bonchev–Trinajstić information content (AvgIpc) is 3.25. The molecule has 0 saturated carbocycles. The van der Waals surface area contributed by atoms with E-state index < -0.39 is 0 Å². The lowest BCUT2D eigenvalue weighted by atomic mass is 10.1. The van der Waals surface area contributed by atoms with Crippen molar-refractivity contribution in [3.05, 3.63) is 52.0 Å². The molecule has 1 aliphatic heterocycles. The number of nitrogens with zero attached hydrogens (tertiary/aromatic N) is 5. The van der Waals surface area contributed by atoms with Crippen LogP contribution in [0.1, 0.15) is 26.6 Å². The van der Waals surface area contributed by atoms with Crippen LogP contribution in [-0.2, 0) is 0 Å². The van der Waals surface area contributed by atoms with E-state index in [0.29, 0.717) is 45.0 Å². The molecule has 3 heterocycles. The van der Waals surface area contributed by atoms with Crippen molar-refractivity contribution in [2.75, 3.05) is 54.9 Å². The number of rotatable bonds is 7. The lowest BCUT2D eigenvalue weighted by Crippen LogP contribution is -2.47. The smallest absolute Gasteiger partial charge is 0.267 e. The lowest BCUT2D eigenvalue weighted by molar-refractivity contribution is 0.103. The van der Waals surface area contributed by atoms with Crippen LogP contribution >= 0.6 is 11.3 Å². The van der Waals surface area contributed by atoms with Crippen molar-refractivity contribution in [1.82, 2.24) is 19.9 Å². The van der Waals surface area contributed by atoms with E-state index in [2.05, 4.69) is 35.4 Å². The Morgan fingerprint density at radius 3 is 2.50 bits per heavy atom. The molecule has 0 bridgehead atoms. The summed E-state index contributed by atoms with van der Waals surface area (Å²) < 4.78 is 13.5. The highest BCUT2D eigenvalue weighted by Gasteiger charge is 2.19. The van der Waals surface area contributed by atoms with Crippen LogP contribution in [0.2, 0.25) is 0 Å². The Balaban J connectivity index is 1.43. The molecule has 9 nitrogen and oxygen atoms in total. The van der Waals surface area contributed by atoms with Crippen LogP contribution in [-0.4, -0.2) is 70.2 Å². The molecule has 0 spiro atoms. The Labute approximate surface area is 201 Å². The zero-order valence-corrected chi connectivity index (χ0v) is 20.2. The van der Waals surface area contributed by atoms with Crippen molar-refractivity contribution in [3.8, 4) is 0 Å². The third-order valence-electron chi connectivity index (χ3n) is 5.64. The molecule has 180 valence electrons. The number of benzene rings is 1. The summed E-state index contributed by atoms with van der Waals surface area (Å²) in [6.45, 7) is 9.57. The van der Waals surface area contributed by atoms with Gasteiger partial charge in [-0.1, -0.05) is 11.3 Å². The van der Waals surface area contributed by atoms with Gasteiger partial charge in [0.2, 0.25) is 0 Å². The van der Waals surface area contributed by atoms with Gasteiger partial charge >= 0.3 is 0 Å². The number of hydrogen-bond acceptors (Lipinski definition) is 9. The van der Waals surface area contributed by atoms with Crippen LogP contribution in [0.4, 0.5) is 26.8 Å². The van der Waals surface area contributed by atoms with Crippen molar-refractivity contribution in [2.24, 2.45) is 0 Å². The monoisotopic (exact) mass is 485 g/mol. The van der Waals surface area contributed by atoms with Crippen LogP contribution < -0.4 is 15.5 Å². The van der Waals surface area contributed by atoms with E-state index >= 15 is 0 Å². The summed E-state index contributed by atoms with van der Waals surface area (Å²) >= 11 is 1.21. The molecule has 1 amide bonds. The van der Waals surface area contributed by atoms with Crippen molar-refractivity contribution in [2.45, 2.75) is 20.8 Å². The second kappa shape index (κ2) is 10.4. The van der Waals surface area contributed by atoms with Gasteiger partial charge in [0.15, 0.2) is 5.13 Å². The van der Waals surface area contributed by atoms with Gasteiger partial charge in [-0.25, -0.2) is 19.3 Å². The SMILES string of the molecule is Cc1nc(Nc2ncc(C(=O)Nc3c(C)cc(F)cc3C)s2)cc(N2CCN(CCO)CC2)n1. The molecule has 0 radical (unpaired) electrons. The molecule has 1 aromatic carbocycles. The number of nitrogens with one attached hydrogen (secondary N) is 2. The zero-order valence-electron chi connectivity index (χ0n) is 19.4. The van der Waals surface area contributed by atoms with Crippen LogP contribution in [0.5, 0.6) is 0 Å². The minimum Gasteiger partial charge on any atom is -0.395 e. The van der Waals surface area contributed by atoms with Gasteiger partial charge in [0.1, 0.15) is 28.2 Å². The molecule has 34 heavy (non-hydrogen) atoms. The van der Waals surface area contributed by atoms with E-state index in [1.54, 1.807) is 13.8 Å². The molecule has 1 saturated heterocycles. The molecule has 2 aromatic heterocycles. The van der Waals surface area contributed by atoms with Gasteiger partial charge in [-0.05, 0) is 44.0 Å². The number of thiazole rings is 1. The number of carbonyl (C=O) groups excluding carboxylic acids is 1. The number of aryl methyl sites for hydroxylation is 3. The highest BCUT2D eigenvalue weighted by Crippen LogP contribution is 2.27. The maximum absolute atomic E-state index is 13.5. The van der Waals surface area contributed by atoms with Crippen molar-refractivity contribution >= 4 is 39.7 Å². The summed E-state index contributed by atoms with van der Waals surface area (Å²) in [6.07, 6.45) is 1.51. The summed E-state index contributed by atoms with van der Waals surface area (Å²) in [5, 5.41) is 15.7.